The molecule has 13 heavy (non-hydrogen) atoms. The van der Waals surface area contributed by atoms with Gasteiger partial charge in [0.05, 0.1) is 0 Å². The van der Waals surface area contributed by atoms with Crippen molar-refractivity contribution in [3.63, 3.8) is 0 Å². The fraction of sp³-hybridized carbons (Fsp3) is 0. The zero-order valence-corrected chi connectivity index (χ0v) is 13.3. The van der Waals surface area contributed by atoms with Crippen LogP contribution in [0.3, 0.4) is 0 Å². The second-order valence-corrected chi connectivity index (χ2v) is 3.69. The van der Waals surface area contributed by atoms with Gasteiger partial charge >= 0.3 is 131 Å². The SMILES string of the molecule is [Mg+2].[Mg+2].[Mg+2].[O]=[V]([O-])([O-])[O-].[O]=[V]([O-])([O-])[O-]. The van der Waals surface area contributed by atoms with Crippen LogP contribution in [0, 0.1) is 0 Å². The van der Waals surface area contributed by atoms with Crippen LogP contribution in [0.25, 0.3) is 0 Å². The molecule has 0 unspecified atom stereocenters. The second kappa shape index (κ2) is 12.9. The zero-order chi connectivity index (χ0) is 9.00. The van der Waals surface area contributed by atoms with Gasteiger partial charge < -0.3 is 0 Å². The van der Waals surface area contributed by atoms with Crippen molar-refractivity contribution >= 4 is 69.2 Å². The number of rotatable bonds is 0. The van der Waals surface area contributed by atoms with E-state index >= 15 is 0 Å². The Kier molecular flexibility index (Phi) is 29.4. The van der Waals surface area contributed by atoms with Gasteiger partial charge in [0.25, 0.3) is 0 Å². The Morgan fingerprint density at radius 1 is 0.538 bits per heavy atom. The molecule has 0 aromatic heterocycles. The van der Waals surface area contributed by atoms with Crippen molar-refractivity contribution in [1.82, 2.24) is 0 Å². The van der Waals surface area contributed by atoms with Gasteiger partial charge in [0, 0.05) is 0 Å². The second-order valence-electron chi connectivity index (χ2n) is 0.894. The topological polar surface area (TPSA) is 172 Å². The Bertz CT molecular complexity index is 130. The monoisotopic (exact) mass is 302 g/mol. The van der Waals surface area contributed by atoms with Crippen molar-refractivity contribution < 1.29 is 61.6 Å². The molecule has 0 rings (SSSR count). The molecule has 0 heterocycles. The summed E-state index contributed by atoms with van der Waals surface area (Å²) in [4.78, 5) is 0. The van der Waals surface area contributed by atoms with E-state index in [1.165, 1.54) is 0 Å². The van der Waals surface area contributed by atoms with Crippen LogP contribution in [-0.4, -0.2) is 69.2 Å². The van der Waals surface area contributed by atoms with E-state index in [9.17, 15) is 0 Å². The molecule has 0 aliphatic heterocycles. The van der Waals surface area contributed by atoms with Crippen molar-refractivity contribution in [1.29, 1.82) is 0 Å². The quantitative estimate of drug-likeness (QED) is 0.396. The average Bonchev–Trinajstić information content (AvgIpc) is 1.12. The molecule has 0 amide bonds. The standard InChI is InChI=1S/3Mg.8O.2V/q3*+2;;;6*-1;;. The number of hydrogen-bond donors (Lipinski definition) is 0. The molecule has 13 heteroatoms. The van der Waals surface area contributed by atoms with Gasteiger partial charge in [-0.1, -0.05) is 0 Å². The molecule has 0 aliphatic carbocycles. The minimum atomic E-state index is -5.88. The summed E-state index contributed by atoms with van der Waals surface area (Å²) in [5, 5.41) is 0. The third-order valence-corrected chi connectivity index (χ3v) is 0. The summed E-state index contributed by atoms with van der Waals surface area (Å²) in [5.74, 6) is 0. The molecule has 0 radical (unpaired) electrons. The van der Waals surface area contributed by atoms with Crippen molar-refractivity contribution in [2.75, 3.05) is 0 Å². The van der Waals surface area contributed by atoms with Crippen molar-refractivity contribution in [3.05, 3.63) is 0 Å². The van der Waals surface area contributed by atoms with E-state index in [-0.39, 0.29) is 69.2 Å². The minimum absolute atomic E-state index is 0. The Balaban J connectivity index is -0.0000000267. The van der Waals surface area contributed by atoms with Gasteiger partial charge in [-0.15, -0.1) is 0 Å². The van der Waals surface area contributed by atoms with Crippen molar-refractivity contribution in [3.8, 4) is 0 Å². The molecule has 0 saturated heterocycles. The van der Waals surface area contributed by atoms with E-state index < -0.39 is 30.0 Å². The van der Waals surface area contributed by atoms with Gasteiger partial charge in [-0.05, 0) is 0 Å². The van der Waals surface area contributed by atoms with Crippen molar-refractivity contribution in [2.24, 2.45) is 0 Å². The first-order valence-electron chi connectivity index (χ1n) is 1.46. The maximum atomic E-state index is 8.61. The van der Waals surface area contributed by atoms with E-state index in [0.717, 1.165) is 0 Å². The molecule has 0 aromatic rings. The predicted octanol–water partition coefficient (Wildman–Crippen LogP) is -8.52. The summed E-state index contributed by atoms with van der Waals surface area (Å²) in [6.07, 6.45) is 0. The molecule has 0 aliphatic rings. The van der Waals surface area contributed by atoms with Gasteiger partial charge in [-0.2, -0.15) is 0 Å². The van der Waals surface area contributed by atoms with Crippen LogP contribution in [0.1, 0.15) is 0 Å². The van der Waals surface area contributed by atoms with Crippen molar-refractivity contribution in [2.45, 2.75) is 0 Å². The van der Waals surface area contributed by atoms with Gasteiger partial charge in [-0.25, -0.2) is 0 Å². The third kappa shape index (κ3) is 305. The molecular formula is Mg3O8V2. The molecule has 0 spiro atoms. The van der Waals surface area contributed by atoms with Crippen LogP contribution < -0.4 is 24.2 Å². The molecule has 0 atom stereocenters. The summed E-state index contributed by atoms with van der Waals surface area (Å²) in [5.41, 5.74) is 0. The van der Waals surface area contributed by atoms with Crippen LogP contribution in [-0.2, 0) is 37.4 Å². The maximum absolute atomic E-state index is 8.61. The average molecular weight is 303 g/mol. The summed E-state index contributed by atoms with van der Waals surface area (Å²) in [7, 11) is 0. The third-order valence-electron chi connectivity index (χ3n) is 0. The molecular weight excluding hydrogens is 303 g/mol. The molecule has 8 nitrogen and oxygen atoms in total. The zero-order valence-electron chi connectivity index (χ0n) is 6.28. The van der Waals surface area contributed by atoms with Gasteiger partial charge in [0.15, 0.2) is 0 Å². The van der Waals surface area contributed by atoms with Crippen LogP contribution >= 0.6 is 0 Å². The molecule has 0 aromatic carbocycles. The molecule has 64 valence electrons. The summed E-state index contributed by atoms with van der Waals surface area (Å²) in [6.45, 7) is 0. The summed E-state index contributed by atoms with van der Waals surface area (Å²) >= 11 is -11.8. The van der Waals surface area contributed by atoms with Gasteiger partial charge in [0.1, 0.15) is 0 Å². The predicted molar refractivity (Wildman–Crippen MR) is 18.6 cm³/mol. The van der Waals surface area contributed by atoms with E-state index in [0.29, 0.717) is 0 Å². The van der Waals surface area contributed by atoms with Gasteiger partial charge in [0.2, 0.25) is 0 Å². The number of hydrogen-bond acceptors (Lipinski definition) is 8. The van der Waals surface area contributed by atoms with E-state index in [1.54, 1.807) is 0 Å². The van der Waals surface area contributed by atoms with Crippen LogP contribution in [0.15, 0.2) is 0 Å². The Morgan fingerprint density at radius 2 is 0.538 bits per heavy atom. The van der Waals surface area contributed by atoms with Crippen LogP contribution in [0.2, 0.25) is 0 Å². The Morgan fingerprint density at radius 3 is 0.538 bits per heavy atom. The van der Waals surface area contributed by atoms with Gasteiger partial charge in [-0.3, -0.25) is 0 Å². The fourth-order valence-corrected chi connectivity index (χ4v) is 0. The fourth-order valence-electron chi connectivity index (χ4n) is 0. The first kappa shape index (κ1) is 29.7. The van der Waals surface area contributed by atoms with E-state index in [4.69, 9.17) is 31.5 Å². The molecule has 0 bridgehead atoms. The van der Waals surface area contributed by atoms with E-state index in [1.807, 2.05) is 0 Å². The Labute approximate surface area is 129 Å². The van der Waals surface area contributed by atoms with E-state index in [2.05, 4.69) is 0 Å². The molecule has 0 fully saturated rings. The molecule has 0 N–H and O–H groups in total. The molecule has 0 saturated carbocycles. The summed E-state index contributed by atoms with van der Waals surface area (Å²) in [6, 6.07) is 0. The van der Waals surface area contributed by atoms with Crippen LogP contribution in [0.4, 0.5) is 0 Å². The van der Waals surface area contributed by atoms with Crippen LogP contribution in [0.5, 0.6) is 0 Å². The first-order chi connectivity index (χ1) is 4.00. The summed E-state index contributed by atoms with van der Waals surface area (Å²) < 4.78 is 68.9. The first-order valence-corrected chi connectivity index (χ1v) is 6.02. The Hall–Kier alpha value is 2.83. The normalized spacial score (nSPS) is 9.08.